The van der Waals surface area contributed by atoms with Crippen molar-refractivity contribution in [2.24, 2.45) is 0 Å². The van der Waals surface area contributed by atoms with E-state index in [2.05, 4.69) is 15.6 Å². The normalized spacial score (nSPS) is 17.7. The number of piperidine rings is 1. The van der Waals surface area contributed by atoms with Gasteiger partial charge in [-0.15, -0.1) is 11.3 Å². The van der Waals surface area contributed by atoms with E-state index < -0.39 is 12.0 Å². The molecule has 1 saturated heterocycles. The number of rotatable bonds is 8. The predicted octanol–water partition coefficient (Wildman–Crippen LogP) is 2.81. The molecule has 1 aromatic carbocycles. The van der Waals surface area contributed by atoms with Crippen LogP contribution in [0, 0.1) is 0 Å². The van der Waals surface area contributed by atoms with Crippen molar-refractivity contribution in [1.29, 1.82) is 0 Å². The van der Waals surface area contributed by atoms with Gasteiger partial charge in [-0.25, -0.2) is 9.78 Å². The Labute approximate surface area is 173 Å². The second-order valence-corrected chi connectivity index (χ2v) is 8.58. The van der Waals surface area contributed by atoms with Crippen molar-refractivity contribution in [3.8, 4) is 0 Å². The summed E-state index contributed by atoms with van der Waals surface area (Å²) >= 11 is 3.09. The number of hydrogen-bond donors (Lipinski definition) is 2. The molecule has 0 radical (unpaired) electrons. The lowest BCUT2D eigenvalue weighted by Crippen LogP contribution is -2.43. The van der Waals surface area contributed by atoms with Crippen molar-refractivity contribution >= 4 is 35.0 Å². The first-order valence-corrected chi connectivity index (χ1v) is 11.4. The number of nitrogens with one attached hydrogen (secondary N) is 2. The van der Waals surface area contributed by atoms with Crippen LogP contribution in [-0.4, -0.2) is 48.9 Å². The van der Waals surface area contributed by atoms with Crippen molar-refractivity contribution < 1.29 is 14.3 Å². The van der Waals surface area contributed by atoms with Gasteiger partial charge in [0, 0.05) is 29.3 Å². The molecule has 1 fully saturated rings. The summed E-state index contributed by atoms with van der Waals surface area (Å²) in [6.07, 6.45) is 2.21. The minimum Gasteiger partial charge on any atom is -0.467 e. The summed E-state index contributed by atoms with van der Waals surface area (Å²) in [6, 6.07) is 9.31. The number of amides is 1. The summed E-state index contributed by atoms with van der Waals surface area (Å²) in [5.41, 5.74) is 1.54. The fraction of sp³-hybridized carbons (Fsp3) is 0.450. The number of hydrogen-bond acceptors (Lipinski definition) is 7. The van der Waals surface area contributed by atoms with Gasteiger partial charge >= 0.3 is 5.97 Å². The van der Waals surface area contributed by atoms with Crippen LogP contribution in [-0.2, 0) is 15.3 Å². The molecular weight excluding hydrogens is 394 g/mol. The molecule has 3 rings (SSSR count). The summed E-state index contributed by atoms with van der Waals surface area (Å²) < 4.78 is 4.86. The summed E-state index contributed by atoms with van der Waals surface area (Å²) in [5, 5.41) is 8.89. The monoisotopic (exact) mass is 419 g/mol. The number of aromatic nitrogens is 1. The summed E-state index contributed by atoms with van der Waals surface area (Å²) in [7, 11) is 1.33. The molecule has 2 heterocycles. The number of methoxy groups -OCH3 is 1. The number of thioether (sulfide) groups is 1. The number of nitrogens with zero attached hydrogens (tertiary/aromatic N) is 1. The van der Waals surface area contributed by atoms with E-state index in [0.29, 0.717) is 17.4 Å². The molecule has 1 aromatic heterocycles. The van der Waals surface area contributed by atoms with Crippen LogP contribution in [0.5, 0.6) is 0 Å². The Hall–Kier alpha value is -1.90. The van der Waals surface area contributed by atoms with Crippen LogP contribution >= 0.6 is 23.1 Å². The number of carbonyl (C=O) groups excluding carboxylic acids is 2. The molecule has 2 atom stereocenters. The van der Waals surface area contributed by atoms with Crippen LogP contribution in [0.25, 0.3) is 0 Å². The Morgan fingerprint density at radius 1 is 1.39 bits per heavy atom. The predicted molar refractivity (Wildman–Crippen MR) is 113 cm³/mol. The Morgan fingerprint density at radius 3 is 2.93 bits per heavy atom. The van der Waals surface area contributed by atoms with Crippen LogP contribution < -0.4 is 10.6 Å². The van der Waals surface area contributed by atoms with Gasteiger partial charge in [0.15, 0.2) is 0 Å². The third-order valence-electron chi connectivity index (χ3n) is 4.59. The van der Waals surface area contributed by atoms with Gasteiger partial charge in [0.05, 0.1) is 12.1 Å². The fourth-order valence-corrected chi connectivity index (χ4v) is 4.99. The van der Waals surface area contributed by atoms with Gasteiger partial charge < -0.3 is 15.4 Å². The third-order valence-corrected chi connectivity index (χ3v) is 6.70. The van der Waals surface area contributed by atoms with E-state index in [1.54, 1.807) is 17.1 Å². The van der Waals surface area contributed by atoms with Crippen LogP contribution in [0.4, 0.5) is 0 Å². The maximum Gasteiger partial charge on any atom is 0.329 e. The first-order valence-electron chi connectivity index (χ1n) is 9.34. The molecule has 1 aliphatic rings. The highest BCUT2D eigenvalue weighted by atomic mass is 32.2. The second-order valence-electron chi connectivity index (χ2n) is 6.66. The van der Waals surface area contributed by atoms with E-state index in [4.69, 9.17) is 4.74 Å². The highest BCUT2D eigenvalue weighted by Gasteiger charge is 2.25. The molecule has 0 aliphatic carbocycles. The van der Waals surface area contributed by atoms with Gasteiger partial charge in [0.2, 0.25) is 0 Å². The molecule has 2 aromatic rings. The molecule has 0 bridgehead atoms. The number of thiazole rings is 1. The van der Waals surface area contributed by atoms with Crippen LogP contribution in [0.2, 0.25) is 0 Å². The lowest BCUT2D eigenvalue weighted by atomic mass is 10.0. The molecule has 0 spiro atoms. The van der Waals surface area contributed by atoms with Gasteiger partial charge in [0.1, 0.15) is 11.7 Å². The van der Waals surface area contributed by atoms with Crippen molar-refractivity contribution in [3.05, 3.63) is 52.0 Å². The minimum atomic E-state index is -0.701. The van der Waals surface area contributed by atoms with E-state index in [-0.39, 0.29) is 5.91 Å². The van der Waals surface area contributed by atoms with Gasteiger partial charge in [-0.3, -0.25) is 4.79 Å². The molecule has 1 amide bonds. The molecule has 150 valence electrons. The maximum absolute atomic E-state index is 12.6. The summed E-state index contributed by atoms with van der Waals surface area (Å²) in [4.78, 5) is 29.2. The third kappa shape index (κ3) is 5.80. The van der Waals surface area contributed by atoms with E-state index >= 15 is 0 Å². The van der Waals surface area contributed by atoms with Crippen molar-refractivity contribution in [3.63, 3.8) is 0 Å². The zero-order valence-electron chi connectivity index (χ0n) is 15.8. The van der Waals surface area contributed by atoms with Gasteiger partial charge in [-0.2, -0.15) is 11.8 Å². The second kappa shape index (κ2) is 10.6. The van der Waals surface area contributed by atoms with Gasteiger partial charge in [-0.05, 0) is 24.9 Å². The largest absolute Gasteiger partial charge is 0.467 e. The maximum atomic E-state index is 12.6. The molecule has 28 heavy (non-hydrogen) atoms. The number of benzene rings is 1. The average Bonchev–Trinajstić information content (AvgIpc) is 3.24. The minimum absolute atomic E-state index is 0.332. The summed E-state index contributed by atoms with van der Waals surface area (Å²) in [5.74, 6) is 0.789. The molecule has 0 saturated carbocycles. The van der Waals surface area contributed by atoms with E-state index in [0.717, 1.165) is 36.7 Å². The molecular formula is C20H25N3O3S2. The number of ether oxygens (including phenoxy) is 1. The van der Waals surface area contributed by atoms with Gasteiger partial charge in [-0.1, -0.05) is 30.3 Å². The van der Waals surface area contributed by atoms with E-state index in [9.17, 15) is 9.59 Å². The van der Waals surface area contributed by atoms with Crippen LogP contribution in [0.15, 0.2) is 35.7 Å². The van der Waals surface area contributed by atoms with Gasteiger partial charge in [0.25, 0.3) is 5.91 Å². The Kier molecular flexibility index (Phi) is 7.88. The summed E-state index contributed by atoms with van der Waals surface area (Å²) in [6.45, 7) is 1.94. The molecule has 6 nitrogen and oxygen atoms in total. The Bertz CT molecular complexity index is 776. The first-order chi connectivity index (χ1) is 13.7. The standard InChI is InChI=1S/C20H25N3O3S2/c1-26-20(25)17(12-27-11-14-6-3-2-4-7-14)22-18(24)16-13-28-19(23-16)15-8-5-9-21-10-15/h2-4,6-7,13,15,17,21H,5,8-12H2,1H3,(H,22,24). The van der Waals surface area contributed by atoms with E-state index in [1.807, 2.05) is 30.3 Å². The van der Waals surface area contributed by atoms with Crippen molar-refractivity contribution in [2.75, 3.05) is 26.0 Å². The Balaban J connectivity index is 1.56. The molecule has 2 unspecified atom stereocenters. The van der Waals surface area contributed by atoms with Crippen molar-refractivity contribution in [2.45, 2.75) is 30.6 Å². The number of carbonyl (C=O) groups is 2. The van der Waals surface area contributed by atoms with Crippen molar-refractivity contribution in [1.82, 2.24) is 15.6 Å². The highest BCUT2D eigenvalue weighted by molar-refractivity contribution is 7.98. The first kappa shape index (κ1) is 20.8. The van der Waals surface area contributed by atoms with Crippen LogP contribution in [0.1, 0.15) is 39.8 Å². The zero-order chi connectivity index (χ0) is 19.8. The molecule has 1 aliphatic heterocycles. The topological polar surface area (TPSA) is 80.3 Å². The molecule has 2 N–H and O–H groups in total. The Morgan fingerprint density at radius 2 is 2.21 bits per heavy atom. The number of esters is 1. The SMILES string of the molecule is COC(=O)C(CSCc1ccccc1)NC(=O)c1csc(C2CCCNC2)n1. The quantitative estimate of drug-likeness (QED) is 0.641. The zero-order valence-corrected chi connectivity index (χ0v) is 17.5. The molecule has 8 heteroatoms. The lowest BCUT2D eigenvalue weighted by Gasteiger charge is -2.20. The smallest absolute Gasteiger partial charge is 0.329 e. The average molecular weight is 420 g/mol. The van der Waals surface area contributed by atoms with Crippen LogP contribution in [0.3, 0.4) is 0 Å². The fourth-order valence-electron chi connectivity index (χ4n) is 3.05. The highest BCUT2D eigenvalue weighted by Crippen LogP contribution is 2.26. The van der Waals surface area contributed by atoms with E-state index in [1.165, 1.54) is 24.0 Å². The lowest BCUT2D eigenvalue weighted by molar-refractivity contribution is -0.142.